The standard InChI is InChI=1S/C17H12N4O3S/c22-25(23,13-6-7-14(20-9-13)16-10-18-11-24-16)21-15-5-1-3-12-4-2-8-19-17(12)15/h1-11,21H. The van der Waals surface area contributed by atoms with E-state index in [0.29, 0.717) is 22.7 Å². The van der Waals surface area contributed by atoms with Gasteiger partial charge in [0.05, 0.1) is 17.4 Å². The molecule has 1 aromatic carbocycles. The van der Waals surface area contributed by atoms with E-state index in [4.69, 9.17) is 4.42 Å². The van der Waals surface area contributed by atoms with Crippen LogP contribution in [-0.4, -0.2) is 23.4 Å². The van der Waals surface area contributed by atoms with Crippen molar-refractivity contribution in [2.75, 3.05) is 4.72 Å². The molecule has 4 rings (SSSR count). The van der Waals surface area contributed by atoms with Crippen molar-refractivity contribution in [3.8, 4) is 11.5 Å². The lowest BCUT2D eigenvalue weighted by Crippen LogP contribution is -2.13. The molecule has 0 amide bonds. The number of benzene rings is 1. The molecule has 0 bridgehead atoms. The van der Waals surface area contributed by atoms with Gasteiger partial charge in [-0.1, -0.05) is 18.2 Å². The van der Waals surface area contributed by atoms with Gasteiger partial charge in [-0.05, 0) is 24.3 Å². The summed E-state index contributed by atoms with van der Waals surface area (Å²) in [5.41, 5.74) is 1.50. The van der Waals surface area contributed by atoms with Crippen molar-refractivity contribution < 1.29 is 12.8 Å². The number of fused-ring (bicyclic) bond motifs is 1. The van der Waals surface area contributed by atoms with E-state index in [2.05, 4.69) is 19.7 Å². The third-order valence-electron chi connectivity index (χ3n) is 3.61. The minimum atomic E-state index is -3.79. The van der Waals surface area contributed by atoms with Crippen molar-refractivity contribution >= 4 is 26.6 Å². The van der Waals surface area contributed by atoms with Crippen LogP contribution in [0.2, 0.25) is 0 Å². The van der Waals surface area contributed by atoms with E-state index in [0.717, 1.165) is 5.39 Å². The van der Waals surface area contributed by atoms with Gasteiger partial charge in [0.15, 0.2) is 12.2 Å². The highest BCUT2D eigenvalue weighted by Crippen LogP contribution is 2.24. The highest BCUT2D eigenvalue weighted by atomic mass is 32.2. The van der Waals surface area contributed by atoms with Crippen LogP contribution in [0.1, 0.15) is 0 Å². The predicted molar refractivity (Wildman–Crippen MR) is 92.3 cm³/mol. The summed E-state index contributed by atoms with van der Waals surface area (Å²) in [5, 5.41) is 0.849. The maximum absolute atomic E-state index is 12.6. The van der Waals surface area contributed by atoms with Crippen LogP contribution in [0.5, 0.6) is 0 Å². The summed E-state index contributed by atoms with van der Waals surface area (Å²) >= 11 is 0. The molecule has 124 valence electrons. The van der Waals surface area contributed by atoms with Gasteiger partial charge in [0.1, 0.15) is 10.6 Å². The molecule has 0 aliphatic heterocycles. The van der Waals surface area contributed by atoms with Crippen LogP contribution in [0, 0.1) is 0 Å². The molecule has 1 N–H and O–H groups in total. The van der Waals surface area contributed by atoms with Gasteiger partial charge in [0, 0.05) is 17.8 Å². The molecule has 0 spiro atoms. The van der Waals surface area contributed by atoms with Gasteiger partial charge >= 0.3 is 0 Å². The number of rotatable bonds is 4. The molecule has 25 heavy (non-hydrogen) atoms. The SMILES string of the molecule is O=S(=O)(Nc1cccc2cccnc12)c1ccc(-c2cnco2)nc1. The zero-order valence-electron chi connectivity index (χ0n) is 12.8. The van der Waals surface area contributed by atoms with Crippen molar-refractivity contribution in [3.05, 3.63) is 67.4 Å². The van der Waals surface area contributed by atoms with E-state index in [1.165, 1.54) is 24.9 Å². The first kappa shape index (κ1) is 15.3. The maximum Gasteiger partial charge on any atom is 0.263 e. The first-order valence-corrected chi connectivity index (χ1v) is 8.83. The lowest BCUT2D eigenvalue weighted by Gasteiger charge is -2.10. The van der Waals surface area contributed by atoms with Crippen LogP contribution in [0.3, 0.4) is 0 Å². The van der Waals surface area contributed by atoms with E-state index in [1.807, 2.05) is 12.1 Å². The van der Waals surface area contributed by atoms with Crippen molar-refractivity contribution in [1.82, 2.24) is 15.0 Å². The highest BCUT2D eigenvalue weighted by Gasteiger charge is 2.17. The molecule has 0 unspecified atom stereocenters. The monoisotopic (exact) mass is 352 g/mol. The molecule has 0 aliphatic rings. The second-order valence-electron chi connectivity index (χ2n) is 5.23. The molecule has 3 heterocycles. The Morgan fingerprint density at radius 1 is 0.960 bits per heavy atom. The molecule has 7 nitrogen and oxygen atoms in total. The Morgan fingerprint density at radius 2 is 1.84 bits per heavy atom. The number of hydrogen-bond donors (Lipinski definition) is 1. The van der Waals surface area contributed by atoms with Crippen molar-refractivity contribution in [2.24, 2.45) is 0 Å². The molecule has 0 saturated carbocycles. The molecule has 0 atom stereocenters. The Morgan fingerprint density at radius 3 is 2.60 bits per heavy atom. The Hall–Kier alpha value is -3.26. The number of sulfonamides is 1. The summed E-state index contributed by atoms with van der Waals surface area (Å²) in [7, 11) is -3.79. The summed E-state index contributed by atoms with van der Waals surface area (Å²) in [6, 6.07) is 12.0. The Bertz CT molecular complexity index is 1120. The third-order valence-corrected chi connectivity index (χ3v) is 4.96. The van der Waals surface area contributed by atoms with Gasteiger partial charge in [0.25, 0.3) is 10.0 Å². The Balaban J connectivity index is 1.67. The van der Waals surface area contributed by atoms with E-state index >= 15 is 0 Å². The molecular weight excluding hydrogens is 340 g/mol. The maximum atomic E-state index is 12.6. The third kappa shape index (κ3) is 2.94. The predicted octanol–water partition coefficient (Wildman–Crippen LogP) is 3.09. The Labute approximate surface area is 143 Å². The number of aromatic nitrogens is 3. The Kier molecular flexibility index (Phi) is 3.66. The van der Waals surface area contributed by atoms with E-state index in [-0.39, 0.29) is 4.90 Å². The summed E-state index contributed by atoms with van der Waals surface area (Å²) < 4.78 is 33.0. The van der Waals surface area contributed by atoms with Crippen molar-refractivity contribution in [2.45, 2.75) is 4.90 Å². The zero-order chi connectivity index (χ0) is 17.3. The van der Waals surface area contributed by atoms with Gasteiger partial charge in [0.2, 0.25) is 0 Å². The summed E-state index contributed by atoms with van der Waals surface area (Å²) in [6.45, 7) is 0. The molecule has 3 aromatic heterocycles. The van der Waals surface area contributed by atoms with Gasteiger partial charge in [-0.25, -0.2) is 13.4 Å². The van der Waals surface area contributed by atoms with Crippen molar-refractivity contribution in [1.29, 1.82) is 0 Å². The quantitative estimate of drug-likeness (QED) is 0.606. The number of oxazole rings is 1. The zero-order valence-corrected chi connectivity index (χ0v) is 13.6. The molecule has 0 radical (unpaired) electrons. The van der Waals surface area contributed by atoms with Gasteiger partial charge in [-0.3, -0.25) is 14.7 Å². The van der Waals surface area contributed by atoms with Crippen LogP contribution in [-0.2, 0) is 10.0 Å². The van der Waals surface area contributed by atoms with E-state index in [9.17, 15) is 8.42 Å². The molecule has 0 aliphatic carbocycles. The fourth-order valence-corrected chi connectivity index (χ4v) is 3.43. The highest BCUT2D eigenvalue weighted by molar-refractivity contribution is 7.92. The second-order valence-corrected chi connectivity index (χ2v) is 6.91. The molecule has 0 saturated heterocycles. The summed E-state index contributed by atoms with van der Waals surface area (Å²) in [5.74, 6) is 0.468. The van der Waals surface area contributed by atoms with Crippen LogP contribution in [0.25, 0.3) is 22.4 Å². The van der Waals surface area contributed by atoms with Gasteiger partial charge < -0.3 is 4.42 Å². The van der Waals surface area contributed by atoms with Crippen molar-refractivity contribution in [3.63, 3.8) is 0 Å². The minimum absolute atomic E-state index is 0.0451. The second kappa shape index (κ2) is 5.99. The van der Waals surface area contributed by atoms with E-state index < -0.39 is 10.0 Å². The molecule has 4 aromatic rings. The van der Waals surface area contributed by atoms with Gasteiger partial charge in [-0.2, -0.15) is 0 Å². The number of nitrogens with zero attached hydrogens (tertiary/aromatic N) is 3. The molecule has 8 heteroatoms. The topological polar surface area (TPSA) is 98.0 Å². The van der Waals surface area contributed by atoms with Crippen LogP contribution in [0.15, 0.2) is 76.8 Å². The summed E-state index contributed by atoms with van der Waals surface area (Å²) in [4.78, 5) is 12.2. The smallest absolute Gasteiger partial charge is 0.263 e. The van der Waals surface area contributed by atoms with Crippen LogP contribution in [0.4, 0.5) is 5.69 Å². The first-order valence-electron chi connectivity index (χ1n) is 7.35. The largest absolute Gasteiger partial charge is 0.442 e. The lowest BCUT2D eigenvalue weighted by atomic mass is 10.2. The van der Waals surface area contributed by atoms with Crippen LogP contribution >= 0.6 is 0 Å². The number of nitrogens with one attached hydrogen (secondary N) is 1. The molecular formula is C17H12N4O3S. The number of anilines is 1. The minimum Gasteiger partial charge on any atom is -0.442 e. The number of hydrogen-bond acceptors (Lipinski definition) is 6. The number of para-hydroxylation sites is 1. The average molecular weight is 352 g/mol. The normalized spacial score (nSPS) is 11.5. The molecule has 0 fully saturated rings. The van der Waals surface area contributed by atoms with Crippen LogP contribution < -0.4 is 4.72 Å². The van der Waals surface area contributed by atoms with E-state index in [1.54, 1.807) is 30.5 Å². The fraction of sp³-hybridized carbons (Fsp3) is 0. The fourth-order valence-electron chi connectivity index (χ4n) is 2.42. The lowest BCUT2D eigenvalue weighted by molar-refractivity contribution is 0.569. The first-order chi connectivity index (χ1) is 12.1. The average Bonchev–Trinajstić information content (AvgIpc) is 3.17. The summed E-state index contributed by atoms with van der Waals surface area (Å²) in [6.07, 6.45) is 5.69. The van der Waals surface area contributed by atoms with Gasteiger partial charge in [-0.15, -0.1) is 0 Å². The number of pyridine rings is 2.